The summed E-state index contributed by atoms with van der Waals surface area (Å²) >= 11 is 1.48. The summed E-state index contributed by atoms with van der Waals surface area (Å²) in [7, 11) is 3.39. The predicted molar refractivity (Wildman–Crippen MR) is 91.3 cm³/mol. The van der Waals surface area contributed by atoms with Crippen LogP contribution in [0.2, 0.25) is 0 Å². The van der Waals surface area contributed by atoms with E-state index >= 15 is 0 Å². The van der Waals surface area contributed by atoms with Crippen LogP contribution in [0.3, 0.4) is 0 Å². The summed E-state index contributed by atoms with van der Waals surface area (Å²) in [6, 6.07) is 13.8. The molecule has 3 nitrogen and oxygen atoms in total. The van der Waals surface area contributed by atoms with Gasteiger partial charge in [-0.15, -0.1) is 11.8 Å². The number of carbonyl (C=O) groups is 1. The quantitative estimate of drug-likeness (QED) is 0.744. The Morgan fingerprint density at radius 2 is 1.78 bits per heavy atom. The number of hydrogen-bond donors (Lipinski definition) is 0. The molecule has 0 spiro atoms. The van der Waals surface area contributed by atoms with Crippen LogP contribution in [0.5, 0.6) is 5.75 Å². The lowest BCUT2D eigenvalue weighted by atomic mass is 10.1. The summed E-state index contributed by atoms with van der Waals surface area (Å²) in [5.74, 6) is 0.907. The maximum atomic E-state index is 13.0. The molecule has 1 atom stereocenters. The summed E-state index contributed by atoms with van der Waals surface area (Å²) < 4.78 is 18.1. The van der Waals surface area contributed by atoms with Gasteiger partial charge in [0.05, 0.1) is 18.9 Å². The van der Waals surface area contributed by atoms with Crippen LogP contribution < -0.4 is 4.74 Å². The van der Waals surface area contributed by atoms with Crippen molar-refractivity contribution in [2.75, 3.05) is 19.9 Å². The molecule has 0 aliphatic carbocycles. The van der Waals surface area contributed by atoms with Crippen LogP contribution in [0.15, 0.2) is 53.4 Å². The predicted octanol–water partition coefficient (Wildman–Crippen LogP) is 4.15. The average molecular weight is 333 g/mol. The molecular weight excluding hydrogens is 313 g/mol. The molecule has 23 heavy (non-hydrogen) atoms. The molecule has 0 aliphatic heterocycles. The third-order valence-electron chi connectivity index (χ3n) is 3.75. The topological polar surface area (TPSA) is 29.5 Å². The number of rotatable bonds is 6. The molecule has 0 saturated carbocycles. The molecule has 0 heterocycles. The molecule has 0 aromatic heterocycles. The Morgan fingerprint density at radius 1 is 1.17 bits per heavy atom. The largest absolute Gasteiger partial charge is 0.497 e. The lowest BCUT2D eigenvalue weighted by Gasteiger charge is -2.25. The average Bonchev–Trinajstić information content (AvgIpc) is 2.59. The minimum absolute atomic E-state index is 0.0302. The van der Waals surface area contributed by atoms with Crippen molar-refractivity contribution in [3.05, 3.63) is 59.9 Å². The molecule has 0 aliphatic rings. The molecule has 0 saturated heterocycles. The highest BCUT2D eigenvalue weighted by atomic mass is 32.2. The van der Waals surface area contributed by atoms with E-state index in [0.29, 0.717) is 5.75 Å². The third-order valence-corrected chi connectivity index (χ3v) is 4.75. The zero-order valence-electron chi connectivity index (χ0n) is 13.5. The molecule has 2 rings (SSSR count). The minimum Gasteiger partial charge on any atom is -0.497 e. The monoisotopic (exact) mass is 333 g/mol. The van der Waals surface area contributed by atoms with E-state index in [1.54, 1.807) is 31.2 Å². The maximum absolute atomic E-state index is 13.0. The molecule has 2 aromatic rings. The molecule has 0 N–H and O–H groups in total. The fraction of sp³-hybridized carbons (Fsp3) is 0.278. The Morgan fingerprint density at radius 3 is 2.35 bits per heavy atom. The number of nitrogens with zero attached hydrogens (tertiary/aromatic N) is 1. The molecule has 0 fully saturated rings. The van der Waals surface area contributed by atoms with E-state index in [2.05, 4.69) is 0 Å². The summed E-state index contributed by atoms with van der Waals surface area (Å²) in [6.07, 6.45) is 0. The highest BCUT2D eigenvalue weighted by Crippen LogP contribution is 2.24. The fourth-order valence-electron chi connectivity index (χ4n) is 2.10. The SMILES string of the molecule is COc1ccc(SCC(=O)N(C)C(C)c2ccc(F)cc2)cc1. The van der Waals surface area contributed by atoms with Crippen LogP contribution in [0, 0.1) is 5.82 Å². The van der Waals surface area contributed by atoms with E-state index in [4.69, 9.17) is 4.74 Å². The fourth-order valence-corrected chi connectivity index (χ4v) is 2.92. The molecule has 0 radical (unpaired) electrons. The van der Waals surface area contributed by atoms with Gasteiger partial charge in [-0.05, 0) is 48.9 Å². The van der Waals surface area contributed by atoms with Crippen LogP contribution >= 0.6 is 11.8 Å². The van der Waals surface area contributed by atoms with Crippen molar-refractivity contribution in [3.63, 3.8) is 0 Å². The second-order valence-corrected chi connectivity index (χ2v) is 6.25. The van der Waals surface area contributed by atoms with Gasteiger partial charge in [-0.25, -0.2) is 4.39 Å². The number of hydrogen-bond acceptors (Lipinski definition) is 3. The minimum atomic E-state index is -0.273. The Kier molecular flexibility index (Phi) is 6.04. The Balaban J connectivity index is 1.92. The molecule has 0 bridgehead atoms. The van der Waals surface area contributed by atoms with Gasteiger partial charge in [0.1, 0.15) is 11.6 Å². The summed E-state index contributed by atoms with van der Waals surface area (Å²) in [5, 5.41) is 0. The lowest BCUT2D eigenvalue weighted by Crippen LogP contribution is -2.31. The van der Waals surface area contributed by atoms with Crippen LogP contribution in [0.25, 0.3) is 0 Å². The summed E-state index contributed by atoms with van der Waals surface area (Å²) in [5.41, 5.74) is 0.914. The first-order valence-corrected chi connectivity index (χ1v) is 8.28. The maximum Gasteiger partial charge on any atom is 0.233 e. The van der Waals surface area contributed by atoms with Gasteiger partial charge in [0.25, 0.3) is 0 Å². The molecule has 1 unspecified atom stereocenters. The zero-order chi connectivity index (χ0) is 16.8. The van der Waals surface area contributed by atoms with Gasteiger partial charge >= 0.3 is 0 Å². The van der Waals surface area contributed by atoms with Crippen LogP contribution in [-0.4, -0.2) is 30.7 Å². The zero-order valence-corrected chi connectivity index (χ0v) is 14.3. The van der Waals surface area contributed by atoms with E-state index in [1.165, 1.54) is 23.9 Å². The smallest absolute Gasteiger partial charge is 0.233 e. The van der Waals surface area contributed by atoms with Gasteiger partial charge in [-0.3, -0.25) is 4.79 Å². The Labute approximate surface area is 140 Å². The van der Waals surface area contributed by atoms with Gasteiger partial charge in [0, 0.05) is 11.9 Å². The van der Waals surface area contributed by atoms with E-state index in [1.807, 2.05) is 31.2 Å². The van der Waals surface area contributed by atoms with Gasteiger partial charge in [-0.2, -0.15) is 0 Å². The van der Waals surface area contributed by atoms with E-state index in [-0.39, 0.29) is 17.8 Å². The van der Waals surface area contributed by atoms with Crippen molar-refractivity contribution in [1.82, 2.24) is 4.90 Å². The first-order valence-electron chi connectivity index (χ1n) is 7.29. The molecule has 5 heteroatoms. The van der Waals surface area contributed by atoms with Gasteiger partial charge in [-0.1, -0.05) is 12.1 Å². The number of benzene rings is 2. The number of thioether (sulfide) groups is 1. The second-order valence-electron chi connectivity index (χ2n) is 5.20. The van der Waals surface area contributed by atoms with Crippen LogP contribution in [-0.2, 0) is 4.79 Å². The number of ether oxygens (including phenoxy) is 1. The molecule has 1 amide bonds. The van der Waals surface area contributed by atoms with E-state index in [9.17, 15) is 9.18 Å². The highest BCUT2D eigenvalue weighted by molar-refractivity contribution is 8.00. The van der Waals surface area contributed by atoms with E-state index in [0.717, 1.165) is 16.2 Å². The van der Waals surface area contributed by atoms with Crippen LogP contribution in [0.4, 0.5) is 4.39 Å². The third kappa shape index (κ3) is 4.73. The standard InChI is InChI=1S/C18H20FNO2S/c1-13(14-4-6-15(19)7-5-14)20(2)18(21)12-23-17-10-8-16(22-3)9-11-17/h4-11,13H,12H2,1-3H3. The number of carbonyl (C=O) groups excluding carboxylic acids is 1. The van der Waals surface area contributed by atoms with Crippen molar-refractivity contribution in [2.45, 2.75) is 17.9 Å². The van der Waals surface area contributed by atoms with E-state index < -0.39 is 0 Å². The van der Waals surface area contributed by atoms with Crippen molar-refractivity contribution in [2.24, 2.45) is 0 Å². The van der Waals surface area contributed by atoms with Crippen molar-refractivity contribution in [3.8, 4) is 5.75 Å². The second kappa shape index (κ2) is 8.02. The van der Waals surface area contributed by atoms with Crippen molar-refractivity contribution < 1.29 is 13.9 Å². The normalized spacial score (nSPS) is 11.8. The van der Waals surface area contributed by atoms with Crippen molar-refractivity contribution >= 4 is 17.7 Å². The Bertz CT molecular complexity index is 643. The lowest BCUT2D eigenvalue weighted by molar-refractivity contribution is -0.128. The Hall–Kier alpha value is -2.01. The molecular formula is C18H20FNO2S. The molecule has 122 valence electrons. The first-order chi connectivity index (χ1) is 11.0. The van der Waals surface area contributed by atoms with Gasteiger partial charge in [0.2, 0.25) is 5.91 Å². The van der Waals surface area contributed by atoms with Crippen molar-refractivity contribution in [1.29, 1.82) is 0 Å². The number of amides is 1. The summed E-state index contributed by atoms with van der Waals surface area (Å²) in [6.45, 7) is 1.93. The van der Waals surface area contributed by atoms with Crippen LogP contribution in [0.1, 0.15) is 18.5 Å². The summed E-state index contributed by atoms with van der Waals surface area (Å²) in [4.78, 5) is 15.0. The van der Waals surface area contributed by atoms with Gasteiger partial charge < -0.3 is 9.64 Å². The highest BCUT2D eigenvalue weighted by Gasteiger charge is 2.17. The molecule has 2 aromatic carbocycles. The first kappa shape index (κ1) is 17.3. The number of halogens is 1. The van der Waals surface area contributed by atoms with Gasteiger partial charge in [0.15, 0.2) is 0 Å². The number of methoxy groups -OCH3 is 1.